The average Bonchev–Trinajstić information content (AvgIpc) is 2.23. The summed E-state index contributed by atoms with van der Waals surface area (Å²) in [6, 6.07) is 4.05. The van der Waals surface area contributed by atoms with Crippen molar-refractivity contribution in [2.75, 3.05) is 32.5 Å². The molecule has 17 heavy (non-hydrogen) atoms. The van der Waals surface area contributed by atoms with Gasteiger partial charge in [0.25, 0.3) is 0 Å². The highest BCUT2D eigenvalue weighted by Gasteiger charge is 2.18. The molecule has 0 atom stereocenters. The van der Waals surface area contributed by atoms with Crippen LogP contribution in [-0.2, 0) is 0 Å². The van der Waals surface area contributed by atoms with Crippen molar-refractivity contribution in [2.24, 2.45) is 0 Å². The summed E-state index contributed by atoms with van der Waals surface area (Å²) in [5.74, 6) is -0.812. The van der Waals surface area contributed by atoms with Crippen molar-refractivity contribution in [1.82, 2.24) is 4.90 Å². The maximum absolute atomic E-state index is 13.2. The lowest BCUT2D eigenvalue weighted by Gasteiger charge is -2.10. The third-order valence-corrected chi connectivity index (χ3v) is 2.27. The predicted molar refractivity (Wildman–Crippen MR) is 64.7 cm³/mol. The molecule has 1 aromatic carbocycles. The van der Waals surface area contributed by atoms with Crippen LogP contribution in [0.2, 0.25) is 0 Å². The van der Waals surface area contributed by atoms with Gasteiger partial charge in [-0.3, -0.25) is 10.1 Å². The van der Waals surface area contributed by atoms with E-state index in [0.717, 1.165) is 19.0 Å². The number of nitrogens with zero attached hydrogens (tertiary/aromatic N) is 2. The van der Waals surface area contributed by atoms with E-state index in [-0.39, 0.29) is 5.69 Å². The number of halogens is 1. The summed E-state index contributed by atoms with van der Waals surface area (Å²) in [5, 5.41) is 13.6. The SMILES string of the molecule is CN(C)CCCNc1cccc(F)c1[N+](=O)[O-]. The number of rotatable bonds is 6. The molecule has 1 aromatic rings. The van der Waals surface area contributed by atoms with Gasteiger partial charge in [-0.25, -0.2) is 0 Å². The Labute approximate surface area is 99.4 Å². The zero-order valence-corrected chi connectivity index (χ0v) is 9.94. The summed E-state index contributed by atoms with van der Waals surface area (Å²) in [4.78, 5) is 12.0. The molecule has 0 saturated carbocycles. The predicted octanol–water partition coefficient (Wildman–Crippen LogP) is 2.10. The second-order valence-electron chi connectivity index (χ2n) is 3.98. The molecule has 6 heteroatoms. The fourth-order valence-electron chi connectivity index (χ4n) is 1.46. The molecule has 0 unspecified atom stereocenters. The second-order valence-corrected chi connectivity index (χ2v) is 3.98. The van der Waals surface area contributed by atoms with Crippen LogP contribution in [0.15, 0.2) is 18.2 Å². The number of benzene rings is 1. The zero-order valence-electron chi connectivity index (χ0n) is 9.94. The fourth-order valence-corrected chi connectivity index (χ4v) is 1.46. The highest BCUT2D eigenvalue weighted by Crippen LogP contribution is 2.26. The van der Waals surface area contributed by atoms with Crippen LogP contribution >= 0.6 is 0 Å². The molecule has 0 saturated heterocycles. The molecule has 0 aromatic heterocycles. The summed E-state index contributed by atoms with van der Waals surface area (Å²) in [6.07, 6.45) is 0.834. The lowest BCUT2D eigenvalue weighted by molar-refractivity contribution is -0.386. The van der Waals surface area contributed by atoms with Crippen LogP contribution in [0.5, 0.6) is 0 Å². The lowest BCUT2D eigenvalue weighted by atomic mass is 10.2. The van der Waals surface area contributed by atoms with Crippen molar-refractivity contribution >= 4 is 11.4 Å². The molecule has 0 radical (unpaired) electrons. The molecule has 0 amide bonds. The van der Waals surface area contributed by atoms with E-state index in [9.17, 15) is 14.5 Å². The minimum Gasteiger partial charge on any atom is -0.379 e. The van der Waals surface area contributed by atoms with E-state index in [0.29, 0.717) is 6.54 Å². The summed E-state index contributed by atoms with van der Waals surface area (Å²) in [5.41, 5.74) is -0.258. The fraction of sp³-hybridized carbons (Fsp3) is 0.455. The van der Waals surface area contributed by atoms with Gasteiger partial charge in [0.1, 0.15) is 5.69 Å². The summed E-state index contributed by atoms with van der Waals surface area (Å²) in [7, 11) is 3.90. The smallest absolute Gasteiger partial charge is 0.327 e. The molecule has 0 heterocycles. The van der Waals surface area contributed by atoms with Crippen LogP contribution in [-0.4, -0.2) is 37.0 Å². The molecule has 94 valence electrons. The largest absolute Gasteiger partial charge is 0.379 e. The number of hydrogen-bond donors (Lipinski definition) is 1. The van der Waals surface area contributed by atoms with Gasteiger partial charge < -0.3 is 10.2 Å². The van der Waals surface area contributed by atoms with Crippen LogP contribution in [0.4, 0.5) is 15.8 Å². The Hall–Kier alpha value is -1.69. The summed E-state index contributed by atoms with van der Waals surface area (Å²) in [6.45, 7) is 1.44. The standard InChI is InChI=1S/C11H16FN3O2/c1-14(2)8-4-7-13-10-6-3-5-9(12)11(10)15(16)17/h3,5-6,13H,4,7-8H2,1-2H3. The summed E-state index contributed by atoms with van der Waals surface area (Å²) >= 11 is 0. The number of nitro groups is 1. The van der Waals surface area contributed by atoms with E-state index < -0.39 is 16.4 Å². The highest BCUT2D eigenvalue weighted by atomic mass is 19.1. The Morgan fingerprint density at radius 2 is 2.18 bits per heavy atom. The normalized spacial score (nSPS) is 10.6. The molecule has 1 rings (SSSR count). The summed E-state index contributed by atoms with van der Waals surface area (Å²) < 4.78 is 13.2. The van der Waals surface area contributed by atoms with Crippen molar-refractivity contribution in [2.45, 2.75) is 6.42 Å². The van der Waals surface area contributed by atoms with E-state index in [2.05, 4.69) is 5.32 Å². The van der Waals surface area contributed by atoms with Gasteiger partial charge in [0, 0.05) is 6.54 Å². The molecule has 0 spiro atoms. The van der Waals surface area contributed by atoms with Crippen molar-refractivity contribution in [3.63, 3.8) is 0 Å². The molecular formula is C11H16FN3O2. The van der Waals surface area contributed by atoms with Crippen molar-refractivity contribution in [1.29, 1.82) is 0 Å². The molecule has 5 nitrogen and oxygen atoms in total. The van der Waals surface area contributed by atoms with Crippen molar-refractivity contribution in [3.05, 3.63) is 34.1 Å². The lowest BCUT2D eigenvalue weighted by Crippen LogP contribution is -2.16. The first-order valence-electron chi connectivity index (χ1n) is 5.34. The number of nitrogens with one attached hydrogen (secondary N) is 1. The molecule has 0 aliphatic heterocycles. The van der Waals surface area contributed by atoms with Crippen LogP contribution < -0.4 is 5.32 Å². The van der Waals surface area contributed by atoms with Gasteiger partial charge in [0.15, 0.2) is 0 Å². The Morgan fingerprint density at radius 1 is 1.47 bits per heavy atom. The minimum absolute atomic E-state index is 0.230. The highest BCUT2D eigenvalue weighted by molar-refractivity contribution is 5.61. The van der Waals surface area contributed by atoms with Gasteiger partial charge in [-0.15, -0.1) is 0 Å². The number of para-hydroxylation sites is 1. The Kier molecular flexibility index (Phi) is 4.84. The molecule has 1 N–H and O–H groups in total. The monoisotopic (exact) mass is 241 g/mol. The van der Waals surface area contributed by atoms with Crippen molar-refractivity contribution in [3.8, 4) is 0 Å². The van der Waals surface area contributed by atoms with Gasteiger partial charge in [-0.2, -0.15) is 4.39 Å². The molecule has 0 aliphatic rings. The first-order chi connectivity index (χ1) is 8.02. The van der Waals surface area contributed by atoms with E-state index in [1.807, 2.05) is 19.0 Å². The van der Waals surface area contributed by atoms with E-state index in [1.54, 1.807) is 0 Å². The van der Waals surface area contributed by atoms with Gasteiger partial charge >= 0.3 is 5.69 Å². The maximum atomic E-state index is 13.2. The topological polar surface area (TPSA) is 58.4 Å². The number of anilines is 1. The average molecular weight is 241 g/mol. The van der Waals surface area contributed by atoms with E-state index in [1.165, 1.54) is 12.1 Å². The second kappa shape index (κ2) is 6.15. The van der Waals surface area contributed by atoms with E-state index >= 15 is 0 Å². The van der Waals surface area contributed by atoms with Gasteiger partial charge in [-0.1, -0.05) is 6.07 Å². The zero-order chi connectivity index (χ0) is 12.8. The van der Waals surface area contributed by atoms with Gasteiger partial charge in [0.05, 0.1) is 4.92 Å². The maximum Gasteiger partial charge on any atom is 0.327 e. The van der Waals surface area contributed by atoms with Crippen LogP contribution in [0.3, 0.4) is 0 Å². The molecular weight excluding hydrogens is 225 g/mol. The van der Waals surface area contributed by atoms with Gasteiger partial charge in [-0.05, 0) is 39.2 Å². The number of nitro benzene ring substituents is 1. The van der Waals surface area contributed by atoms with Crippen LogP contribution in [0, 0.1) is 15.9 Å². The van der Waals surface area contributed by atoms with E-state index in [4.69, 9.17) is 0 Å². The Morgan fingerprint density at radius 3 is 2.76 bits per heavy atom. The molecule has 0 aliphatic carbocycles. The number of hydrogen-bond acceptors (Lipinski definition) is 4. The third kappa shape index (κ3) is 3.99. The minimum atomic E-state index is -0.812. The third-order valence-electron chi connectivity index (χ3n) is 2.27. The quantitative estimate of drug-likeness (QED) is 0.470. The molecule has 0 bridgehead atoms. The van der Waals surface area contributed by atoms with Crippen molar-refractivity contribution < 1.29 is 9.31 Å². The molecule has 0 fully saturated rings. The Balaban J connectivity index is 2.64. The first kappa shape index (κ1) is 13.4. The van der Waals surface area contributed by atoms with Crippen LogP contribution in [0.25, 0.3) is 0 Å². The first-order valence-corrected chi connectivity index (χ1v) is 5.34. The van der Waals surface area contributed by atoms with Gasteiger partial charge in [0.2, 0.25) is 5.82 Å². The van der Waals surface area contributed by atoms with Crippen LogP contribution in [0.1, 0.15) is 6.42 Å². The Bertz CT molecular complexity index is 396.